The van der Waals surface area contributed by atoms with Gasteiger partial charge in [-0.1, -0.05) is 6.08 Å². The summed E-state index contributed by atoms with van der Waals surface area (Å²) in [5.41, 5.74) is 0.0567. The summed E-state index contributed by atoms with van der Waals surface area (Å²) in [6.45, 7) is 4.03. The second kappa shape index (κ2) is 6.09. The minimum absolute atomic E-state index is 0.0121. The van der Waals surface area contributed by atoms with Crippen molar-refractivity contribution < 1.29 is 14.6 Å². The number of benzene rings is 1. The molecule has 2 aromatic rings. The molecule has 23 heavy (non-hydrogen) atoms. The molecular formula is C15H13N3O4S. The lowest BCUT2D eigenvalue weighted by Gasteiger charge is -2.08. The molecule has 1 aromatic carbocycles. The van der Waals surface area contributed by atoms with Gasteiger partial charge in [0.05, 0.1) is 5.69 Å². The number of H-pyrrole nitrogens is 1. The molecule has 0 bridgehead atoms. The fraction of sp³-hybridized carbons (Fsp3) is 0.133. The Balaban J connectivity index is 1.99. The summed E-state index contributed by atoms with van der Waals surface area (Å²) in [4.78, 5) is 18.7. The normalized spacial score (nSPS) is 12.7. The number of aromatic nitrogens is 2. The lowest BCUT2D eigenvalue weighted by atomic mass is 10.3. The fourth-order valence-corrected chi connectivity index (χ4v) is 2.35. The maximum Gasteiger partial charge on any atom is 0.264 e. The average Bonchev–Trinajstić information content (AvgIpc) is 2.98. The number of allylic oxidation sites excluding steroid dienone is 1. The van der Waals surface area contributed by atoms with Crippen molar-refractivity contribution in [1.29, 1.82) is 0 Å². The zero-order valence-corrected chi connectivity index (χ0v) is 12.8. The zero-order chi connectivity index (χ0) is 16.4. The van der Waals surface area contributed by atoms with Gasteiger partial charge in [-0.3, -0.25) is 19.3 Å². The van der Waals surface area contributed by atoms with E-state index in [4.69, 9.17) is 21.7 Å². The Hall–Kier alpha value is -2.87. The maximum atomic E-state index is 12.0. The van der Waals surface area contributed by atoms with Crippen LogP contribution in [0.5, 0.6) is 17.4 Å². The number of rotatable bonds is 4. The molecule has 0 fully saturated rings. The maximum absolute atomic E-state index is 12.0. The highest BCUT2D eigenvalue weighted by atomic mass is 32.1. The van der Waals surface area contributed by atoms with E-state index in [1.165, 1.54) is 10.8 Å². The lowest BCUT2D eigenvalue weighted by molar-refractivity contribution is 0.174. The Bertz CT molecular complexity index is 914. The summed E-state index contributed by atoms with van der Waals surface area (Å²) in [6, 6.07) is 5.13. The molecule has 0 saturated heterocycles. The van der Waals surface area contributed by atoms with E-state index < -0.39 is 5.56 Å². The van der Waals surface area contributed by atoms with Crippen LogP contribution < -0.4 is 15.0 Å². The van der Waals surface area contributed by atoms with Crippen molar-refractivity contribution in [3.05, 3.63) is 51.5 Å². The van der Waals surface area contributed by atoms with Crippen molar-refractivity contribution >= 4 is 24.1 Å². The Morgan fingerprint density at radius 1 is 1.43 bits per heavy atom. The molecule has 0 unspecified atom stereocenters. The van der Waals surface area contributed by atoms with Gasteiger partial charge in [-0.15, -0.1) is 6.58 Å². The van der Waals surface area contributed by atoms with E-state index in [1.54, 1.807) is 24.3 Å². The van der Waals surface area contributed by atoms with E-state index in [9.17, 15) is 9.90 Å². The fourth-order valence-electron chi connectivity index (χ4n) is 2.09. The van der Waals surface area contributed by atoms with Gasteiger partial charge in [0.15, 0.2) is 16.3 Å². The lowest BCUT2D eigenvalue weighted by Crippen LogP contribution is -2.18. The number of hydrogen-bond acceptors (Lipinski definition) is 6. The van der Waals surface area contributed by atoms with E-state index in [0.29, 0.717) is 17.2 Å². The Kier molecular flexibility index (Phi) is 3.98. The van der Waals surface area contributed by atoms with Crippen LogP contribution in [-0.4, -0.2) is 27.7 Å². The van der Waals surface area contributed by atoms with Crippen LogP contribution in [0.25, 0.3) is 0 Å². The van der Waals surface area contributed by atoms with Crippen molar-refractivity contribution in [1.82, 2.24) is 9.55 Å². The first kappa shape index (κ1) is 15.0. The average molecular weight is 331 g/mol. The van der Waals surface area contributed by atoms with E-state index in [1.807, 2.05) is 0 Å². The van der Waals surface area contributed by atoms with Crippen LogP contribution in [0.4, 0.5) is 5.69 Å². The van der Waals surface area contributed by atoms with Crippen LogP contribution in [-0.2, 0) is 6.54 Å². The summed E-state index contributed by atoms with van der Waals surface area (Å²) in [5.74, 6) is 0.965. The van der Waals surface area contributed by atoms with Crippen LogP contribution in [0.15, 0.2) is 40.6 Å². The summed E-state index contributed by atoms with van der Waals surface area (Å²) < 4.78 is 11.9. The molecule has 2 N–H and O–H groups in total. The van der Waals surface area contributed by atoms with Crippen LogP contribution in [0, 0.1) is 4.77 Å². The summed E-state index contributed by atoms with van der Waals surface area (Å²) in [5, 5.41) is 10.2. The summed E-state index contributed by atoms with van der Waals surface area (Å²) in [6.07, 6.45) is 2.84. The highest BCUT2D eigenvalue weighted by molar-refractivity contribution is 7.71. The predicted molar refractivity (Wildman–Crippen MR) is 87.6 cm³/mol. The van der Waals surface area contributed by atoms with Gasteiger partial charge >= 0.3 is 0 Å². The molecule has 0 amide bonds. The highest BCUT2D eigenvalue weighted by Crippen LogP contribution is 2.35. The van der Waals surface area contributed by atoms with Gasteiger partial charge in [0.25, 0.3) is 5.56 Å². The number of aromatic amines is 1. The summed E-state index contributed by atoms with van der Waals surface area (Å²) in [7, 11) is 0. The van der Waals surface area contributed by atoms with Crippen molar-refractivity contribution in [2.24, 2.45) is 4.99 Å². The molecule has 1 aliphatic rings. The monoisotopic (exact) mass is 331 g/mol. The molecule has 2 heterocycles. The van der Waals surface area contributed by atoms with E-state index in [2.05, 4.69) is 16.6 Å². The van der Waals surface area contributed by atoms with Crippen LogP contribution in [0.3, 0.4) is 0 Å². The number of aromatic hydroxyl groups is 1. The third-order valence-electron chi connectivity index (χ3n) is 3.22. The minimum atomic E-state index is -0.516. The van der Waals surface area contributed by atoms with Gasteiger partial charge in [0.2, 0.25) is 12.7 Å². The number of ether oxygens (including phenoxy) is 2. The molecule has 118 valence electrons. The van der Waals surface area contributed by atoms with Gasteiger partial charge in [0, 0.05) is 18.8 Å². The second-order valence-electron chi connectivity index (χ2n) is 4.69. The third kappa shape index (κ3) is 2.88. The molecule has 0 atom stereocenters. The van der Waals surface area contributed by atoms with Gasteiger partial charge in [-0.2, -0.15) is 0 Å². The van der Waals surface area contributed by atoms with Crippen molar-refractivity contribution in [2.75, 3.05) is 6.79 Å². The summed E-state index contributed by atoms with van der Waals surface area (Å²) >= 11 is 5.01. The smallest absolute Gasteiger partial charge is 0.264 e. The highest BCUT2D eigenvalue weighted by Gasteiger charge is 2.13. The van der Waals surface area contributed by atoms with E-state index in [0.717, 1.165) is 0 Å². The molecule has 0 saturated carbocycles. The van der Waals surface area contributed by atoms with Crippen molar-refractivity contribution in [3.8, 4) is 17.4 Å². The van der Waals surface area contributed by atoms with Crippen LogP contribution in [0.1, 0.15) is 5.56 Å². The molecule has 1 aromatic heterocycles. The Morgan fingerprint density at radius 2 is 2.22 bits per heavy atom. The third-order valence-corrected chi connectivity index (χ3v) is 3.54. The minimum Gasteiger partial charge on any atom is -0.494 e. The quantitative estimate of drug-likeness (QED) is 0.510. The van der Waals surface area contributed by atoms with Gasteiger partial charge in [-0.25, -0.2) is 0 Å². The standard InChI is InChI=1S/C15H13N3O4S/c1-2-5-18-14(20)10(13(19)17-15(18)23)7-16-9-3-4-11-12(6-9)22-8-21-11/h2-4,6-7,20H,1,5,8H2,(H,17,19,23). The first-order valence-electron chi connectivity index (χ1n) is 6.71. The number of nitrogens with one attached hydrogen (secondary N) is 1. The molecule has 0 radical (unpaired) electrons. The first-order valence-corrected chi connectivity index (χ1v) is 7.11. The van der Waals surface area contributed by atoms with Crippen molar-refractivity contribution in [2.45, 2.75) is 6.54 Å². The molecule has 0 aliphatic carbocycles. The van der Waals surface area contributed by atoms with Gasteiger partial charge in [0.1, 0.15) is 5.56 Å². The molecule has 0 spiro atoms. The van der Waals surface area contributed by atoms with Crippen LogP contribution >= 0.6 is 12.2 Å². The largest absolute Gasteiger partial charge is 0.494 e. The molecule has 7 nitrogen and oxygen atoms in total. The van der Waals surface area contributed by atoms with Crippen LogP contribution in [0.2, 0.25) is 0 Å². The zero-order valence-electron chi connectivity index (χ0n) is 12.0. The van der Waals surface area contributed by atoms with Gasteiger partial charge < -0.3 is 14.6 Å². The topological polar surface area (TPSA) is 88.8 Å². The number of hydrogen-bond donors (Lipinski definition) is 2. The first-order chi connectivity index (χ1) is 11.1. The molecule has 8 heteroatoms. The number of fused-ring (bicyclic) bond motifs is 1. The number of nitrogens with zero attached hydrogens (tertiary/aromatic N) is 2. The van der Waals surface area contributed by atoms with Gasteiger partial charge in [-0.05, 0) is 24.4 Å². The predicted octanol–water partition coefficient (Wildman–Crippen LogP) is 2.28. The van der Waals surface area contributed by atoms with Crippen molar-refractivity contribution in [3.63, 3.8) is 0 Å². The molecule has 1 aliphatic heterocycles. The van der Waals surface area contributed by atoms with E-state index in [-0.39, 0.29) is 29.6 Å². The van der Waals surface area contributed by atoms with E-state index >= 15 is 0 Å². The molecule has 3 rings (SSSR count). The molecular weight excluding hydrogens is 318 g/mol. The Morgan fingerprint density at radius 3 is 3.00 bits per heavy atom. The second-order valence-corrected chi connectivity index (χ2v) is 5.08. The number of aliphatic imine (C=N–C) groups is 1. The Labute approximate surface area is 136 Å². The SMILES string of the molecule is C=CCn1c(O)c(C=Nc2ccc3c(c2)OCO3)c(=O)[nH]c1=S.